The van der Waals surface area contributed by atoms with Crippen LogP contribution in [0.25, 0.3) is 0 Å². The van der Waals surface area contributed by atoms with Gasteiger partial charge in [0.1, 0.15) is 0 Å². The smallest absolute Gasteiger partial charge is 0.0246 e. The van der Waals surface area contributed by atoms with Crippen molar-refractivity contribution in [2.24, 2.45) is 5.73 Å². The second-order valence-corrected chi connectivity index (χ2v) is 7.85. The highest BCUT2D eigenvalue weighted by atomic mass is 32.2. The minimum Gasteiger partial charge on any atom is -0.327 e. The van der Waals surface area contributed by atoms with Gasteiger partial charge < -0.3 is 5.73 Å². The average molecular weight is 306 g/mol. The lowest BCUT2D eigenvalue weighted by Crippen LogP contribution is -2.32. The van der Waals surface area contributed by atoms with Crippen molar-refractivity contribution >= 4 is 11.8 Å². The fraction of sp³-hybridized carbons (Fsp3) is 0.684. The molecule has 1 saturated carbocycles. The lowest BCUT2D eigenvalue weighted by molar-refractivity contribution is 0.473. The van der Waals surface area contributed by atoms with Gasteiger partial charge in [-0.05, 0) is 31.9 Å². The summed E-state index contributed by atoms with van der Waals surface area (Å²) in [5.41, 5.74) is 7.85. The summed E-state index contributed by atoms with van der Waals surface area (Å²) in [7, 11) is 0. The zero-order valence-corrected chi connectivity index (χ0v) is 14.3. The number of thioether (sulfide) groups is 1. The first-order valence-electron chi connectivity index (χ1n) is 8.74. The maximum atomic E-state index is 6.52. The van der Waals surface area contributed by atoms with Gasteiger partial charge in [0.2, 0.25) is 0 Å². The Balaban J connectivity index is 1.92. The summed E-state index contributed by atoms with van der Waals surface area (Å²) < 4.78 is 0. The third kappa shape index (κ3) is 6.44. The molecule has 118 valence electrons. The van der Waals surface area contributed by atoms with Gasteiger partial charge in [0.05, 0.1) is 0 Å². The van der Waals surface area contributed by atoms with Gasteiger partial charge in [0.15, 0.2) is 0 Å². The Kier molecular flexibility index (Phi) is 7.66. The molecule has 0 spiro atoms. The van der Waals surface area contributed by atoms with E-state index in [1.54, 1.807) is 0 Å². The quantitative estimate of drug-likeness (QED) is 0.758. The van der Waals surface area contributed by atoms with Crippen molar-refractivity contribution in [1.82, 2.24) is 0 Å². The first-order chi connectivity index (χ1) is 10.3. The summed E-state index contributed by atoms with van der Waals surface area (Å²) in [5, 5.41) is 0.590. The van der Waals surface area contributed by atoms with Crippen molar-refractivity contribution in [1.29, 1.82) is 0 Å². The molecule has 1 aliphatic carbocycles. The predicted octanol–water partition coefficient (Wildman–Crippen LogP) is 5.70. The highest BCUT2D eigenvalue weighted by Gasteiger charge is 2.19. The summed E-state index contributed by atoms with van der Waals surface area (Å²) in [6, 6.07) is 9.29. The largest absolute Gasteiger partial charge is 0.327 e. The van der Waals surface area contributed by atoms with Crippen LogP contribution in [0.15, 0.2) is 29.2 Å². The molecule has 0 saturated heterocycles. The summed E-state index contributed by atoms with van der Waals surface area (Å²) in [4.78, 5) is 1.38. The fourth-order valence-corrected chi connectivity index (χ4v) is 4.36. The Morgan fingerprint density at radius 3 is 1.95 bits per heavy atom. The zero-order valence-electron chi connectivity index (χ0n) is 13.5. The Bertz CT molecular complexity index is 387. The van der Waals surface area contributed by atoms with Crippen molar-refractivity contribution in [3.05, 3.63) is 29.8 Å². The second-order valence-electron chi connectivity index (χ2n) is 6.54. The number of benzene rings is 1. The van der Waals surface area contributed by atoms with Gasteiger partial charge in [-0.3, -0.25) is 0 Å². The summed E-state index contributed by atoms with van der Waals surface area (Å²) in [5.74, 6) is 0. The van der Waals surface area contributed by atoms with Crippen LogP contribution in [0.2, 0.25) is 0 Å². The molecule has 0 bridgehead atoms. The molecule has 21 heavy (non-hydrogen) atoms. The van der Waals surface area contributed by atoms with Gasteiger partial charge in [-0.15, -0.1) is 11.8 Å². The van der Waals surface area contributed by atoms with E-state index in [9.17, 15) is 0 Å². The van der Waals surface area contributed by atoms with E-state index in [2.05, 4.69) is 31.2 Å². The Morgan fingerprint density at radius 2 is 1.33 bits per heavy atom. The summed E-state index contributed by atoms with van der Waals surface area (Å²) >= 11 is 2.01. The van der Waals surface area contributed by atoms with Gasteiger partial charge in [-0.25, -0.2) is 0 Å². The third-order valence-electron chi connectivity index (χ3n) is 4.56. The van der Waals surface area contributed by atoms with E-state index in [-0.39, 0.29) is 0 Å². The molecule has 0 amide bonds. The third-order valence-corrected chi connectivity index (χ3v) is 5.99. The molecule has 0 radical (unpaired) electrons. The van der Waals surface area contributed by atoms with E-state index >= 15 is 0 Å². The van der Waals surface area contributed by atoms with E-state index < -0.39 is 0 Å². The SMILES string of the molecule is Cc1ccc(SC2CCCCCCCCCCC2N)cc1. The summed E-state index contributed by atoms with van der Waals surface area (Å²) in [6.07, 6.45) is 13.6. The molecule has 2 atom stereocenters. The van der Waals surface area contributed by atoms with Crippen LogP contribution in [0.1, 0.15) is 69.8 Å². The molecule has 2 rings (SSSR count). The molecule has 2 unspecified atom stereocenters. The van der Waals surface area contributed by atoms with E-state index in [1.807, 2.05) is 11.8 Å². The van der Waals surface area contributed by atoms with Gasteiger partial charge >= 0.3 is 0 Å². The van der Waals surface area contributed by atoms with E-state index in [4.69, 9.17) is 5.73 Å². The molecular formula is C19H31NS. The lowest BCUT2D eigenvalue weighted by Gasteiger charge is -2.24. The lowest BCUT2D eigenvalue weighted by atomic mass is 9.98. The van der Waals surface area contributed by atoms with Crippen LogP contribution >= 0.6 is 11.8 Å². The second kappa shape index (κ2) is 9.53. The first-order valence-corrected chi connectivity index (χ1v) is 9.62. The molecule has 1 aromatic rings. The van der Waals surface area contributed by atoms with Crippen molar-refractivity contribution < 1.29 is 0 Å². The van der Waals surface area contributed by atoms with Crippen LogP contribution in [-0.4, -0.2) is 11.3 Å². The highest BCUT2D eigenvalue weighted by Crippen LogP contribution is 2.31. The Labute approximate surface area is 135 Å². The van der Waals surface area contributed by atoms with Crippen LogP contribution < -0.4 is 5.73 Å². The number of aryl methyl sites for hydroxylation is 1. The maximum absolute atomic E-state index is 6.52. The zero-order chi connectivity index (χ0) is 14.9. The standard InChI is InChI=1S/C19H31NS/c1-16-12-14-17(15-13-16)21-19-11-9-7-5-3-2-4-6-8-10-18(19)20/h12-15,18-19H,2-11,20H2,1H3. The van der Waals surface area contributed by atoms with Crippen LogP contribution in [0.3, 0.4) is 0 Å². The molecule has 0 aliphatic heterocycles. The topological polar surface area (TPSA) is 26.0 Å². The minimum absolute atomic E-state index is 0.357. The van der Waals surface area contributed by atoms with Crippen molar-refractivity contribution in [2.75, 3.05) is 0 Å². The normalized spacial score (nSPS) is 25.8. The maximum Gasteiger partial charge on any atom is 0.0246 e. The van der Waals surface area contributed by atoms with Crippen molar-refractivity contribution in [2.45, 2.75) is 87.3 Å². The molecule has 2 heteroatoms. The van der Waals surface area contributed by atoms with Crippen LogP contribution in [-0.2, 0) is 0 Å². The van der Waals surface area contributed by atoms with Crippen molar-refractivity contribution in [3.63, 3.8) is 0 Å². The van der Waals surface area contributed by atoms with Crippen LogP contribution in [0.5, 0.6) is 0 Å². The van der Waals surface area contributed by atoms with Crippen molar-refractivity contribution in [3.8, 4) is 0 Å². The minimum atomic E-state index is 0.357. The van der Waals surface area contributed by atoms with E-state index in [1.165, 1.54) is 74.7 Å². The molecule has 1 aliphatic rings. The number of nitrogens with two attached hydrogens (primary N) is 1. The van der Waals surface area contributed by atoms with E-state index in [0.717, 1.165) is 0 Å². The van der Waals surface area contributed by atoms with Gasteiger partial charge in [-0.2, -0.15) is 0 Å². The van der Waals surface area contributed by atoms with Gasteiger partial charge in [0.25, 0.3) is 0 Å². The highest BCUT2D eigenvalue weighted by molar-refractivity contribution is 8.00. The average Bonchev–Trinajstić information content (AvgIpc) is 2.48. The molecule has 2 N–H and O–H groups in total. The first kappa shape index (κ1) is 16.9. The molecule has 1 nitrogen and oxygen atoms in total. The van der Waals surface area contributed by atoms with E-state index in [0.29, 0.717) is 11.3 Å². The molecule has 1 aromatic carbocycles. The number of rotatable bonds is 2. The summed E-state index contributed by atoms with van der Waals surface area (Å²) in [6.45, 7) is 2.15. The monoisotopic (exact) mass is 305 g/mol. The molecule has 0 heterocycles. The fourth-order valence-electron chi connectivity index (χ4n) is 3.12. The molecular weight excluding hydrogens is 274 g/mol. The van der Waals surface area contributed by atoms with Crippen LogP contribution in [0.4, 0.5) is 0 Å². The molecule has 0 aromatic heterocycles. The Hall–Kier alpha value is -0.470. The Morgan fingerprint density at radius 1 is 0.810 bits per heavy atom. The van der Waals surface area contributed by atoms with Crippen LogP contribution in [0, 0.1) is 6.92 Å². The number of hydrogen-bond acceptors (Lipinski definition) is 2. The van der Waals surface area contributed by atoms with Gasteiger partial charge in [0, 0.05) is 16.2 Å². The molecule has 1 fully saturated rings. The van der Waals surface area contributed by atoms with Gasteiger partial charge in [-0.1, -0.05) is 69.1 Å². The number of hydrogen-bond donors (Lipinski definition) is 1. The predicted molar refractivity (Wildman–Crippen MR) is 95.0 cm³/mol.